The number of amides is 1. The second-order valence-corrected chi connectivity index (χ2v) is 10.3. The van der Waals surface area contributed by atoms with Crippen LogP contribution in [0.5, 0.6) is 0 Å². The van der Waals surface area contributed by atoms with Crippen LogP contribution in [0.2, 0.25) is 0 Å². The third-order valence-corrected chi connectivity index (χ3v) is 7.40. The molecule has 3 heterocycles. The number of para-hydroxylation sites is 1. The Morgan fingerprint density at radius 3 is 2.30 bits per heavy atom. The molecule has 1 saturated heterocycles. The Morgan fingerprint density at radius 2 is 1.70 bits per heavy atom. The first-order valence-electron chi connectivity index (χ1n) is 15.1. The number of alkyl halides is 3. The van der Waals surface area contributed by atoms with Crippen molar-refractivity contribution in [1.29, 1.82) is 0 Å². The van der Waals surface area contributed by atoms with Crippen LogP contribution in [0.25, 0.3) is 16.5 Å². The Kier molecular flexibility index (Phi) is 8.85. The molecule has 1 fully saturated rings. The molecule has 0 radical (unpaired) electrons. The molecule has 2 aromatic carbocycles. The summed E-state index contributed by atoms with van der Waals surface area (Å²) in [5.74, 6) is -3.49. The van der Waals surface area contributed by atoms with Crippen molar-refractivity contribution in [3.8, 4) is 0 Å². The lowest BCUT2D eigenvalue weighted by Crippen LogP contribution is -2.30. The van der Waals surface area contributed by atoms with Crippen molar-refractivity contribution in [3.05, 3.63) is 99.6 Å². The van der Waals surface area contributed by atoms with Gasteiger partial charge in [0.15, 0.2) is 0 Å². The molecule has 12 heteroatoms. The highest BCUT2D eigenvalue weighted by molar-refractivity contribution is 7.07. The number of fused-ring (bicyclic) bond motifs is 1. The van der Waals surface area contributed by atoms with E-state index in [1.54, 1.807) is 29.7 Å². The number of likely N-dealkylation sites (N-methyl/N-ethyl adjacent to an activating group) is 1. The highest BCUT2D eigenvalue weighted by Gasteiger charge is 2.38. The molecule has 2 aromatic heterocycles. The number of carboxylic acid groups (broad SMARTS) is 1. The Labute approximate surface area is 256 Å². The fourth-order valence-corrected chi connectivity index (χ4v) is 5.28. The number of piperidine rings is 1. The largest absolute Gasteiger partial charge is 0.490 e. The number of carboxylic acids is 1. The molecule has 1 aliphatic heterocycles. The minimum atomic E-state index is -5.08. The summed E-state index contributed by atoms with van der Waals surface area (Å²) in [5, 5.41) is 19.9. The van der Waals surface area contributed by atoms with Gasteiger partial charge in [-0.25, -0.2) is 9.78 Å². The number of likely N-dealkylation sites (tertiary alicyclic amines) is 1. The number of hydrogen-bond acceptors (Lipinski definition) is 7. The van der Waals surface area contributed by atoms with E-state index in [0.29, 0.717) is 4.90 Å². The van der Waals surface area contributed by atoms with Crippen molar-refractivity contribution in [2.45, 2.75) is 25.6 Å². The van der Waals surface area contributed by atoms with Gasteiger partial charge < -0.3 is 15.1 Å². The van der Waals surface area contributed by atoms with E-state index in [-0.39, 0.29) is 5.56 Å². The normalized spacial score (nSPS) is 15.8. The van der Waals surface area contributed by atoms with Crippen LogP contribution in [-0.4, -0.2) is 81.2 Å². The minimum Gasteiger partial charge on any atom is -0.475 e. The second kappa shape index (κ2) is 14.4. The van der Waals surface area contributed by atoms with Gasteiger partial charge in [-0.15, -0.1) is 11.3 Å². The molecule has 4 aromatic rings. The lowest BCUT2D eigenvalue weighted by molar-refractivity contribution is -0.192. The molecule has 1 aliphatic rings. The summed E-state index contributed by atoms with van der Waals surface area (Å²) in [5.41, 5.74) is 8.34. The van der Waals surface area contributed by atoms with E-state index in [9.17, 15) is 23.1 Å². The van der Waals surface area contributed by atoms with E-state index in [1.165, 1.54) is 5.57 Å². The SMILES string of the molecule is O=C(O)C(F)(F)F.[2H]C([2H])(O)C([2H])([2H])N(C)C(=O)c1ccc(C(=C2CCN(Cc3cscn3)CC2)c2cccc3cccnc23)cc1. The topological polar surface area (TPSA) is 107 Å². The molecule has 0 bridgehead atoms. The maximum atomic E-state index is 13.0. The molecular weight excluding hydrogens is 581 g/mol. The van der Waals surface area contributed by atoms with Crippen LogP contribution in [0, 0.1) is 0 Å². The molecule has 0 spiro atoms. The second-order valence-electron chi connectivity index (χ2n) is 9.58. The van der Waals surface area contributed by atoms with E-state index in [4.69, 9.17) is 20.4 Å². The maximum absolute atomic E-state index is 13.0. The molecule has 2 N–H and O–H groups in total. The standard InChI is InChI=1S/C29H30N4O2S.C2HF3O2/c1-32(16-17-34)29(35)24-9-7-21(8-10-24)27(26-6-2-4-23-5-3-13-30-28(23)26)22-11-14-33(15-12-22)18-25-19-36-20-31-25;3-2(4,5)1(6)7/h2-10,13,19-20,34H,11-12,14-18H2,1H3;(H,6,7)/i16D2,17D2;. The van der Waals surface area contributed by atoms with Gasteiger partial charge in [-0.1, -0.05) is 42.0 Å². The van der Waals surface area contributed by atoms with Crippen molar-refractivity contribution in [2.24, 2.45) is 0 Å². The predicted octanol–water partition coefficient (Wildman–Crippen LogP) is 5.49. The van der Waals surface area contributed by atoms with Gasteiger partial charge in [0, 0.05) is 61.3 Å². The number of hydrogen-bond donors (Lipinski definition) is 2. The van der Waals surface area contributed by atoms with Gasteiger partial charge in [0.1, 0.15) is 0 Å². The van der Waals surface area contributed by atoms with E-state index in [1.807, 2.05) is 41.9 Å². The van der Waals surface area contributed by atoms with Gasteiger partial charge in [-0.05, 0) is 42.2 Å². The van der Waals surface area contributed by atoms with Gasteiger partial charge in [-0.3, -0.25) is 14.7 Å². The van der Waals surface area contributed by atoms with E-state index >= 15 is 0 Å². The number of benzene rings is 2. The molecule has 0 aliphatic carbocycles. The maximum Gasteiger partial charge on any atom is 0.490 e. The summed E-state index contributed by atoms with van der Waals surface area (Å²) < 4.78 is 62.3. The van der Waals surface area contributed by atoms with Gasteiger partial charge in [-0.2, -0.15) is 13.2 Å². The zero-order valence-corrected chi connectivity index (χ0v) is 23.8. The molecule has 226 valence electrons. The molecular formula is C31H31F3N4O4S. The number of aliphatic carboxylic acids is 1. The van der Waals surface area contributed by atoms with Crippen LogP contribution >= 0.6 is 11.3 Å². The summed E-state index contributed by atoms with van der Waals surface area (Å²) in [6, 6.07) is 17.0. The number of carbonyl (C=O) groups is 2. The number of aliphatic hydroxyl groups is 1. The summed E-state index contributed by atoms with van der Waals surface area (Å²) in [7, 11) is 1.14. The Balaban J connectivity index is 0.000000644. The number of thiazole rings is 1. The number of pyridine rings is 1. The lowest BCUT2D eigenvalue weighted by atomic mass is 9.87. The first kappa shape index (κ1) is 26.5. The van der Waals surface area contributed by atoms with Crippen LogP contribution in [0.4, 0.5) is 13.2 Å². The molecule has 5 rings (SSSR count). The third-order valence-electron chi connectivity index (χ3n) is 6.77. The molecule has 8 nitrogen and oxygen atoms in total. The number of halogens is 3. The average molecular weight is 617 g/mol. The van der Waals surface area contributed by atoms with E-state index in [0.717, 1.165) is 72.8 Å². The molecule has 0 atom stereocenters. The summed E-state index contributed by atoms with van der Waals surface area (Å²) in [4.78, 5) is 34.0. The van der Waals surface area contributed by atoms with E-state index < -0.39 is 31.1 Å². The first-order chi connectivity index (χ1) is 22.0. The zero-order valence-electron chi connectivity index (χ0n) is 27.0. The number of rotatable bonds is 7. The van der Waals surface area contributed by atoms with Crippen molar-refractivity contribution in [1.82, 2.24) is 19.8 Å². The highest BCUT2D eigenvalue weighted by atomic mass is 32.1. The number of aromatic nitrogens is 2. The Bertz CT molecular complexity index is 1730. The lowest BCUT2D eigenvalue weighted by Gasteiger charge is -2.30. The molecule has 43 heavy (non-hydrogen) atoms. The number of nitrogens with zero attached hydrogens (tertiary/aromatic N) is 4. The van der Waals surface area contributed by atoms with Gasteiger partial charge in [0.2, 0.25) is 0 Å². The van der Waals surface area contributed by atoms with Crippen LogP contribution in [0.15, 0.2) is 77.3 Å². The molecule has 0 saturated carbocycles. The monoisotopic (exact) mass is 616 g/mol. The average Bonchev–Trinajstić information content (AvgIpc) is 3.54. The molecule has 0 unspecified atom stereocenters. The Morgan fingerprint density at radius 1 is 1.05 bits per heavy atom. The summed E-state index contributed by atoms with van der Waals surface area (Å²) in [6.45, 7) is -3.50. The van der Waals surface area contributed by atoms with Crippen molar-refractivity contribution in [2.75, 3.05) is 33.2 Å². The predicted molar refractivity (Wildman–Crippen MR) is 159 cm³/mol. The minimum absolute atomic E-state index is 0.192. The van der Waals surface area contributed by atoms with Gasteiger partial charge in [0.05, 0.1) is 28.8 Å². The summed E-state index contributed by atoms with van der Waals surface area (Å²) >= 11 is 1.60. The first-order valence-corrected chi connectivity index (χ1v) is 14.0. The fraction of sp³-hybridized carbons (Fsp3) is 0.290. The third kappa shape index (κ3) is 8.25. The summed E-state index contributed by atoms with van der Waals surface area (Å²) in [6.07, 6.45) is -1.55. The van der Waals surface area contributed by atoms with Gasteiger partial charge in [0.25, 0.3) is 5.91 Å². The van der Waals surface area contributed by atoms with Crippen molar-refractivity contribution >= 4 is 39.7 Å². The van der Waals surface area contributed by atoms with Crippen molar-refractivity contribution in [3.63, 3.8) is 0 Å². The van der Waals surface area contributed by atoms with Crippen LogP contribution in [-0.2, 0) is 11.3 Å². The van der Waals surface area contributed by atoms with Gasteiger partial charge >= 0.3 is 12.1 Å². The van der Waals surface area contributed by atoms with E-state index in [2.05, 4.69) is 21.3 Å². The van der Waals surface area contributed by atoms with Crippen LogP contribution in [0.1, 0.15) is 45.5 Å². The highest BCUT2D eigenvalue weighted by Crippen LogP contribution is 2.36. The molecule has 1 amide bonds. The van der Waals surface area contributed by atoms with Crippen LogP contribution < -0.4 is 0 Å². The fourth-order valence-electron chi connectivity index (χ4n) is 4.73. The zero-order chi connectivity index (χ0) is 34.6. The number of carbonyl (C=O) groups excluding carboxylic acids is 1. The quantitative estimate of drug-likeness (QED) is 0.283. The smallest absolute Gasteiger partial charge is 0.475 e. The Hall–Kier alpha value is -4.13. The van der Waals surface area contributed by atoms with Crippen LogP contribution in [0.3, 0.4) is 0 Å². The van der Waals surface area contributed by atoms with Crippen molar-refractivity contribution < 1.29 is 38.5 Å².